The summed E-state index contributed by atoms with van der Waals surface area (Å²) in [6.45, 7) is 0.682. The van der Waals surface area contributed by atoms with Gasteiger partial charge in [0.1, 0.15) is 29.2 Å². The molecule has 3 N–H and O–H groups in total. The minimum atomic E-state index is -4.90. The van der Waals surface area contributed by atoms with E-state index in [4.69, 9.17) is 25.3 Å². The maximum atomic E-state index is 13.8. The predicted molar refractivity (Wildman–Crippen MR) is 135 cm³/mol. The molecule has 3 fully saturated rings. The van der Waals surface area contributed by atoms with Gasteiger partial charge in [0.05, 0.1) is 10.6 Å². The third-order valence-electron chi connectivity index (χ3n) is 7.10. The van der Waals surface area contributed by atoms with Crippen molar-refractivity contribution in [3.63, 3.8) is 0 Å². The number of carbonyl (C=O) groups is 2. The summed E-state index contributed by atoms with van der Waals surface area (Å²) in [6, 6.07) is 7.91. The van der Waals surface area contributed by atoms with Gasteiger partial charge in [0.15, 0.2) is 13.2 Å². The van der Waals surface area contributed by atoms with Crippen LogP contribution >= 0.6 is 11.6 Å². The van der Waals surface area contributed by atoms with Gasteiger partial charge in [0.2, 0.25) is 0 Å². The number of nitrogens with one attached hydrogen (secondary N) is 2. The Morgan fingerprint density at radius 2 is 1.54 bits per heavy atom. The van der Waals surface area contributed by atoms with Gasteiger partial charge in [0.25, 0.3) is 11.8 Å². The lowest BCUT2D eigenvalue weighted by atomic mass is 9.60. The summed E-state index contributed by atoms with van der Waals surface area (Å²) in [5.74, 6) is -2.07. The Morgan fingerprint density at radius 1 is 0.974 bits per heavy atom. The second-order valence-corrected chi connectivity index (χ2v) is 11.3. The van der Waals surface area contributed by atoms with Gasteiger partial charge in [-0.25, -0.2) is 13.0 Å². The third kappa shape index (κ3) is 7.15. The zero-order chi connectivity index (χ0) is 28.4. The number of amides is 2. The SMILES string of the molecule is Cc1ccc(OCC(=O)NC23CCC(NC(=O)COc4ccc(Cl)c(F)c4)(CC2)C[C@@H]3OS(=O)(=O)O)cc1F. The molecule has 10 nitrogen and oxygen atoms in total. The second-order valence-electron chi connectivity index (χ2n) is 9.81. The highest BCUT2D eigenvalue weighted by atomic mass is 35.5. The Kier molecular flexibility index (Phi) is 8.36. The molecule has 5 rings (SSSR count). The Morgan fingerprint density at radius 3 is 2.10 bits per heavy atom. The van der Waals surface area contributed by atoms with Crippen molar-refractivity contribution in [1.82, 2.24) is 10.6 Å². The summed E-state index contributed by atoms with van der Waals surface area (Å²) in [6.07, 6.45) is -0.0439. The van der Waals surface area contributed by atoms with Gasteiger partial charge in [-0.15, -0.1) is 0 Å². The molecule has 212 valence electrons. The van der Waals surface area contributed by atoms with Crippen molar-refractivity contribution >= 4 is 33.8 Å². The highest BCUT2D eigenvalue weighted by Crippen LogP contribution is 2.48. The monoisotopic (exact) mass is 588 g/mol. The molecule has 3 aliphatic carbocycles. The maximum absolute atomic E-state index is 13.8. The lowest BCUT2D eigenvalue weighted by Crippen LogP contribution is -2.71. The average Bonchev–Trinajstić information content (AvgIpc) is 2.85. The first-order chi connectivity index (χ1) is 18.3. The Balaban J connectivity index is 1.39. The molecule has 2 bridgehead atoms. The van der Waals surface area contributed by atoms with Gasteiger partial charge in [-0.1, -0.05) is 17.7 Å². The first-order valence-corrected chi connectivity index (χ1v) is 13.8. The fourth-order valence-electron chi connectivity index (χ4n) is 5.08. The van der Waals surface area contributed by atoms with Crippen LogP contribution in [0.4, 0.5) is 8.78 Å². The van der Waals surface area contributed by atoms with Crippen molar-refractivity contribution in [3.05, 3.63) is 58.6 Å². The van der Waals surface area contributed by atoms with Crippen LogP contribution in [0.3, 0.4) is 0 Å². The molecule has 2 aromatic carbocycles. The number of halogens is 3. The molecule has 3 saturated carbocycles. The molecule has 2 aromatic rings. The molecule has 14 heteroatoms. The van der Waals surface area contributed by atoms with E-state index in [9.17, 15) is 31.3 Å². The van der Waals surface area contributed by atoms with Gasteiger partial charge in [-0.3, -0.25) is 14.1 Å². The van der Waals surface area contributed by atoms with Crippen LogP contribution < -0.4 is 20.1 Å². The van der Waals surface area contributed by atoms with E-state index in [1.54, 1.807) is 6.92 Å². The molecule has 3 aliphatic rings. The third-order valence-corrected chi connectivity index (χ3v) is 7.88. The Hall–Kier alpha value is -3.00. The number of ether oxygens (including phenoxy) is 2. The zero-order valence-electron chi connectivity index (χ0n) is 20.8. The summed E-state index contributed by atoms with van der Waals surface area (Å²) in [7, 11) is -4.90. The summed E-state index contributed by atoms with van der Waals surface area (Å²) in [5.41, 5.74) is -1.62. The van der Waals surface area contributed by atoms with Gasteiger partial charge in [-0.2, -0.15) is 8.42 Å². The molecule has 0 saturated heterocycles. The second kappa shape index (κ2) is 11.2. The van der Waals surface area contributed by atoms with Crippen LogP contribution in [0.15, 0.2) is 36.4 Å². The fraction of sp³-hybridized carbons (Fsp3) is 0.440. The van der Waals surface area contributed by atoms with Gasteiger partial charge >= 0.3 is 10.4 Å². The number of benzene rings is 2. The molecular formula is C25H27ClF2N2O8S. The molecule has 1 atom stereocenters. The highest BCUT2D eigenvalue weighted by Gasteiger charge is 2.57. The van der Waals surface area contributed by atoms with Crippen molar-refractivity contribution in [1.29, 1.82) is 0 Å². The zero-order valence-corrected chi connectivity index (χ0v) is 22.4. The van der Waals surface area contributed by atoms with Crippen LogP contribution in [0, 0.1) is 18.6 Å². The summed E-state index contributed by atoms with van der Waals surface area (Å²) in [5, 5.41) is 5.53. The quantitative estimate of drug-likeness (QED) is 0.359. The van der Waals surface area contributed by atoms with Crippen molar-refractivity contribution in [2.45, 2.75) is 56.2 Å². The Labute approximate surface area is 228 Å². The number of fused-ring (bicyclic) bond motifs is 3. The van der Waals surface area contributed by atoms with Crippen LogP contribution in [0.2, 0.25) is 5.02 Å². The molecule has 0 aromatic heterocycles. The normalized spacial score (nSPS) is 24.2. The first-order valence-electron chi connectivity index (χ1n) is 12.0. The van der Waals surface area contributed by atoms with Gasteiger partial charge in [-0.05, 0) is 56.4 Å². The number of hydrogen-bond donors (Lipinski definition) is 3. The van der Waals surface area contributed by atoms with Crippen LogP contribution in [-0.4, -0.2) is 55.2 Å². The van der Waals surface area contributed by atoms with E-state index < -0.39 is 64.2 Å². The van der Waals surface area contributed by atoms with Crippen molar-refractivity contribution < 1.29 is 45.0 Å². The fourth-order valence-corrected chi connectivity index (χ4v) is 5.74. The van der Waals surface area contributed by atoms with E-state index in [1.807, 2.05) is 0 Å². The summed E-state index contributed by atoms with van der Waals surface area (Å²) >= 11 is 5.64. The van der Waals surface area contributed by atoms with E-state index in [0.717, 1.165) is 12.1 Å². The van der Waals surface area contributed by atoms with Crippen LogP contribution in [0.5, 0.6) is 11.5 Å². The molecule has 0 spiro atoms. The summed E-state index contributed by atoms with van der Waals surface area (Å²) < 4.78 is 75.7. The molecule has 0 unspecified atom stereocenters. The van der Waals surface area contributed by atoms with Crippen molar-refractivity contribution in [2.24, 2.45) is 0 Å². The largest absolute Gasteiger partial charge is 0.484 e. The highest BCUT2D eigenvalue weighted by molar-refractivity contribution is 7.80. The standard InChI is InChI=1S/C25H27ClF2N2O8S/c1-15-2-3-16(10-19(15)27)37-14-23(32)30-25-8-6-24(7-9-25,12-21(25)38-39(33,34)35)29-22(31)13-36-17-4-5-18(26)20(28)11-17/h2-5,10-11,21H,6-9,12-14H2,1H3,(H,29,31)(H,30,32)(H,33,34,35)/t21-,24?,25?/m0/s1. The number of aryl methyl sites for hydroxylation is 1. The van der Waals surface area contributed by atoms with E-state index in [1.165, 1.54) is 24.3 Å². The molecule has 0 radical (unpaired) electrons. The first kappa shape index (κ1) is 29.0. The molecule has 0 heterocycles. The van der Waals surface area contributed by atoms with E-state index in [-0.39, 0.29) is 35.8 Å². The minimum Gasteiger partial charge on any atom is -0.484 e. The van der Waals surface area contributed by atoms with Crippen LogP contribution in [0.1, 0.15) is 37.7 Å². The lowest BCUT2D eigenvalue weighted by Gasteiger charge is -2.56. The van der Waals surface area contributed by atoms with Crippen molar-refractivity contribution in [3.8, 4) is 11.5 Å². The van der Waals surface area contributed by atoms with E-state index >= 15 is 0 Å². The van der Waals surface area contributed by atoms with Gasteiger partial charge < -0.3 is 20.1 Å². The lowest BCUT2D eigenvalue weighted by molar-refractivity contribution is -0.135. The average molecular weight is 589 g/mol. The smallest absolute Gasteiger partial charge is 0.397 e. The maximum Gasteiger partial charge on any atom is 0.397 e. The Bertz CT molecular complexity index is 1370. The van der Waals surface area contributed by atoms with Crippen LogP contribution in [0.25, 0.3) is 0 Å². The molecule has 39 heavy (non-hydrogen) atoms. The van der Waals surface area contributed by atoms with Crippen LogP contribution in [-0.2, 0) is 24.2 Å². The van der Waals surface area contributed by atoms with Crippen molar-refractivity contribution in [2.75, 3.05) is 13.2 Å². The number of hydrogen-bond acceptors (Lipinski definition) is 7. The molecule has 2 amide bonds. The van der Waals surface area contributed by atoms with E-state index in [0.29, 0.717) is 18.4 Å². The summed E-state index contributed by atoms with van der Waals surface area (Å²) in [4.78, 5) is 25.4. The number of rotatable bonds is 10. The molecule has 0 aliphatic heterocycles. The van der Waals surface area contributed by atoms with E-state index in [2.05, 4.69) is 10.6 Å². The minimum absolute atomic E-state index is 0.0294. The van der Waals surface area contributed by atoms with Gasteiger partial charge in [0, 0.05) is 24.1 Å². The predicted octanol–water partition coefficient (Wildman–Crippen LogP) is 3.26. The topological polar surface area (TPSA) is 140 Å². The molecular weight excluding hydrogens is 562 g/mol. The number of carbonyl (C=O) groups excluding carboxylic acids is 2.